The molecule has 0 aliphatic heterocycles. The molecule has 1 rings (SSSR count). The Morgan fingerprint density at radius 3 is 2.44 bits per heavy atom. The van der Waals surface area contributed by atoms with E-state index >= 15 is 0 Å². The highest BCUT2D eigenvalue weighted by Crippen LogP contribution is 2.22. The lowest BCUT2D eigenvalue weighted by Gasteiger charge is -2.16. The fourth-order valence-corrected chi connectivity index (χ4v) is 1.71. The molecule has 0 amide bonds. The number of para-hydroxylation sites is 1. The Morgan fingerprint density at radius 2 is 1.89 bits per heavy atom. The third-order valence-corrected chi connectivity index (χ3v) is 2.87. The molecule has 0 saturated heterocycles. The van der Waals surface area contributed by atoms with E-state index in [0.29, 0.717) is 24.8 Å². The summed E-state index contributed by atoms with van der Waals surface area (Å²) >= 11 is 0. The predicted molar refractivity (Wildman–Crippen MR) is 70.5 cm³/mol. The smallest absolute Gasteiger partial charge is 0.272 e. The van der Waals surface area contributed by atoms with Gasteiger partial charge in [0.25, 0.3) is 5.69 Å². The van der Waals surface area contributed by atoms with Crippen LogP contribution in [0.25, 0.3) is 0 Å². The SMILES string of the molecule is CC(C)(C)C(=O)CCCc1ccccc1[N+](=O)[O-]. The Morgan fingerprint density at radius 1 is 1.28 bits per heavy atom. The highest BCUT2D eigenvalue weighted by Gasteiger charge is 2.20. The molecule has 0 aromatic heterocycles. The lowest BCUT2D eigenvalue weighted by molar-refractivity contribution is -0.385. The van der Waals surface area contributed by atoms with Crippen LogP contribution in [0.5, 0.6) is 0 Å². The van der Waals surface area contributed by atoms with Gasteiger partial charge in [-0.25, -0.2) is 0 Å². The fraction of sp³-hybridized carbons (Fsp3) is 0.500. The van der Waals surface area contributed by atoms with Crippen molar-refractivity contribution in [1.82, 2.24) is 0 Å². The normalized spacial score (nSPS) is 11.3. The molecule has 0 aliphatic rings. The zero-order valence-electron chi connectivity index (χ0n) is 11.1. The minimum absolute atomic E-state index is 0.140. The summed E-state index contributed by atoms with van der Waals surface area (Å²) in [4.78, 5) is 22.2. The van der Waals surface area contributed by atoms with E-state index in [1.807, 2.05) is 20.8 Å². The molecule has 0 spiro atoms. The number of nitro benzene ring substituents is 1. The highest BCUT2D eigenvalue weighted by molar-refractivity contribution is 5.83. The number of rotatable bonds is 5. The Kier molecular flexibility index (Phi) is 4.59. The van der Waals surface area contributed by atoms with Crippen LogP contribution in [-0.2, 0) is 11.2 Å². The number of carbonyl (C=O) groups is 1. The Hall–Kier alpha value is -1.71. The maximum absolute atomic E-state index is 11.7. The number of carbonyl (C=O) groups excluding carboxylic acids is 1. The molecule has 0 atom stereocenters. The van der Waals surface area contributed by atoms with Gasteiger partial charge in [0.1, 0.15) is 5.78 Å². The van der Waals surface area contributed by atoms with Crippen molar-refractivity contribution in [3.63, 3.8) is 0 Å². The van der Waals surface area contributed by atoms with Crippen LogP contribution in [0, 0.1) is 15.5 Å². The summed E-state index contributed by atoms with van der Waals surface area (Å²) in [6.07, 6.45) is 1.69. The summed E-state index contributed by atoms with van der Waals surface area (Å²) in [5, 5.41) is 10.8. The maximum Gasteiger partial charge on any atom is 0.272 e. The summed E-state index contributed by atoms with van der Waals surface area (Å²) in [6, 6.07) is 6.69. The molecule has 0 N–H and O–H groups in total. The fourth-order valence-electron chi connectivity index (χ4n) is 1.71. The average Bonchev–Trinajstić information content (AvgIpc) is 2.28. The largest absolute Gasteiger partial charge is 0.299 e. The van der Waals surface area contributed by atoms with E-state index < -0.39 is 0 Å². The summed E-state index contributed by atoms with van der Waals surface area (Å²) in [6.45, 7) is 5.67. The number of Topliss-reactive ketones (excluding diaryl/α,β-unsaturated/α-hetero) is 1. The maximum atomic E-state index is 11.7. The number of aryl methyl sites for hydroxylation is 1. The summed E-state index contributed by atoms with van der Waals surface area (Å²) in [7, 11) is 0. The molecule has 0 fully saturated rings. The minimum atomic E-state index is -0.374. The highest BCUT2D eigenvalue weighted by atomic mass is 16.6. The molecule has 18 heavy (non-hydrogen) atoms. The topological polar surface area (TPSA) is 60.2 Å². The molecule has 0 bridgehead atoms. The van der Waals surface area contributed by atoms with Gasteiger partial charge >= 0.3 is 0 Å². The van der Waals surface area contributed by atoms with Crippen molar-refractivity contribution in [1.29, 1.82) is 0 Å². The molecule has 0 unspecified atom stereocenters. The minimum Gasteiger partial charge on any atom is -0.299 e. The van der Waals surface area contributed by atoms with Gasteiger partial charge < -0.3 is 0 Å². The van der Waals surface area contributed by atoms with Crippen molar-refractivity contribution in [2.75, 3.05) is 0 Å². The third kappa shape index (κ3) is 3.95. The van der Waals surface area contributed by atoms with Crippen LogP contribution >= 0.6 is 0 Å². The van der Waals surface area contributed by atoms with Crippen molar-refractivity contribution >= 4 is 11.5 Å². The van der Waals surface area contributed by atoms with E-state index in [-0.39, 0.29) is 21.8 Å². The molecule has 0 aliphatic carbocycles. The van der Waals surface area contributed by atoms with Crippen LogP contribution in [0.2, 0.25) is 0 Å². The zero-order chi connectivity index (χ0) is 13.8. The van der Waals surface area contributed by atoms with E-state index in [2.05, 4.69) is 0 Å². The van der Waals surface area contributed by atoms with Gasteiger partial charge in [0.05, 0.1) is 4.92 Å². The summed E-state index contributed by atoms with van der Waals surface area (Å²) in [5.41, 5.74) is 0.507. The first-order valence-electron chi connectivity index (χ1n) is 6.08. The van der Waals surface area contributed by atoms with Crippen LogP contribution in [0.3, 0.4) is 0 Å². The number of hydrogen-bond acceptors (Lipinski definition) is 3. The van der Waals surface area contributed by atoms with Crippen molar-refractivity contribution in [3.05, 3.63) is 39.9 Å². The second-order valence-electron chi connectivity index (χ2n) is 5.41. The van der Waals surface area contributed by atoms with Gasteiger partial charge in [-0.15, -0.1) is 0 Å². The van der Waals surface area contributed by atoms with Crippen molar-refractivity contribution in [3.8, 4) is 0 Å². The van der Waals surface area contributed by atoms with Gasteiger partial charge in [-0.2, -0.15) is 0 Å². The molecular formula is C14H19NO3. The monoisotopic (exact) mass is 249 g/mol. The van der Waals surface area contributed by atoms with Crippen molar-refractivity contribution in [2.24, 2.45) is 5.41 Å². The molecule has 98 valence electrons. The molecule has 0 radical (unpaired) electrons. The van der Waals surface area contributed by atoms with Gasteiger partial charge in [-0.3, -0.25) is 14.9 Å². The van der Waals surface area contributed by atoms with Gasteiger partial charge in [0.15, 0.2) is 0 Å². The van der Waals surface area contributed by atoms with E-state index in [9.17, 15) is 14.9 Å². The standard InChI is InChI=1S/C14H19NO3/c1-14(2,3)13(16)10-6-8-11-7-4-5-9-12(11)15(17)18/h4-5,7,9H,6,8,10H2,1-3H3. The average molecular weight is 249 g/mol. The van der Waals surface area contributed by atoms with E-state index in [4.69, 9.17) is 0 Å². The first-order valence-corrected chi connectivity index (χ1v) is 6.08. The second-order valence-corrected chi connectivity index (χ2v) is 5.41. The van der Waals surface area contributed by atoms with Crippen LogP contribution in [-0.4, -0.2) is 10.7 Å². The second kappa shape index (κ2) is 5.76. The molecule has 1 aromatic rings. The van der Waals surface area contributed by atoms with E-state index in [1.54, 1.807) is 18.2 Å². The van der Waals surface area contributed by atoms with Gasteiger partial charge in [0.2, 0.25) is 0 Å². The lowest BCUT2D eigenvalue weighted by atomic mass is 9.87. The molecule has 0 heterocycles. The van der Waals surface area contributed by atoms with Gasteiger partial charge in [-0.1, -0.05) is 39.0 Å². The zero-order valence-corrected chi connectivity index (χ0v) is 11.1. The van der Waals surface area contributed by atoms with Gasteiger partial charge in [-0.05, 0) is 12.8 Å². The first kappa shape index (κ1) is 14.4. The Labute approximate surface area is 107 Å². The van der Waals surface area contributed by atoms with E-state index in [1.165, 1.54) is 6.07 Å². The first-order chi connectivity index (χ1) is 8.32. The molecule has 4 heteroatoms. The molecule has 0 saturated carbocycles. The summed E-state index contributed by atoms with van der Waals surface area (Å²) in [5.74, 6) is 0.195. The van der Waals surface area contributed by atoms with Crippen LogP contribution in [0.15, 0.2) is 24.3 Å². The van der Waals surface area contributed by atoms with E-state index in [0.717, 1.165) is 0 Å². The number of hydrogen-bond donors (Lipinski definition) is 0. The predicted octanol–water partition coefficient (Wildman–Crippen LogP) is 3.53. The van der Waals surface area contributed by atoms with Crippen molar-refractivity contribution < 1.29 is 9.72 Å². The quantitative estimate of drug-likeness (QED) is 0.592. The number of ketones is 1. The van der Waals surface area contributed by atoms with Crippen LogP contribution in [0.1, 0.15) is 39.2 Å². The Bertz CT molecular complexity index is 447. The van der Waals surface area contributed by atoms with Gasteiger partial charge in [0, 0.05) is 23.5 Å². The molecule has 4 nitrogen and oxygen atoms in total. The van der Waals surface area contributed by atoms with Crippen LogP contribution < -0.4 is 0 Å². The summed E-state index contributed by atoms with van der Waals surface area (Å²) < 4.78 is 0. The third-order valence-electron chi connectivity index (χ3n) is 2.87. The lowest BCUT2D eigenvalue weighted by Crippen LogP contribution is -2.19. The number of benzene rings is 1. The molecule has 1 aromatic carbocycles. The number of nitro groups is 1. The number of nitrogens with zero attached hydrogens (tertiary/aromatic N) is 1. The molecular weight excluding hydrogens is 230 g/mol. The van der Waals surface area contributed by atoms with Crippen LogP contribution in [0.4, 0.5) is 5.69 Å². The Balaban J connectivity index is 2.60. The van der Waals surface area contributed by atoms with Crippen molar-refractivity contribution in [2.45, 2.75) is 40.0 Å².